The van der Waals surface area contributed by atoms with E-state index in [1.54, 1.807) is 0 Å². The van der Waals surface area contributed by atoms with Gasteiger partial charge in [0.25, 0.3) is 0 Å². The van der Waals surface area contributed by atoms with Gasteiger partial charge in [-0.15, -0.1) is 0 Å². The Kier molecular flexibility index (Phi) is 3.01. The van der Waals surface area contributed by atoms with Gasteiger partial charge in [0, 0.05) is 17.9 Å². The quantitative estimate of drug-likeness (QED) is 0.729. The molecule has 0 heterocycles. The van der Waals surface area contributed by atoms with E-state index in [-0.39, 0.29) is 17.1 Å². The molecule has 0 spiro atoms. The highest BCUT2D eigenvalue weighted by atomic mass is 16.1. The maximum absolute atomic E-state index is 12.1. The Bertz CT molecular complexity index is 644. The van der Waals surface area contributed by atoms with Crippen molar-refractivity contribution in [1.29, 1.82) is 0 Å². The standard InChI is InChI=1S/C19H20O/c1-19(2,3)14-10-8-13(9-11-14)17-12-18(20)16-7-5-4-6-15(16)17/h4-11,17H,12H2,1-3H3. The van der Waals surface area contributed by atoms with E-state index in [1.165, 1.54) is 16.7 Å². The molecule has 1 atom stereocenters. The van der Waals surface area contributed by atoms with E-state index in [0.29, 0.717) is 6.42 Å². The summed E-state index contributed by atoms with van der Waals surface area (Å²) < 4.78 is 0. The normalized spacial score (nSPS) is 18.1. The molecule has 0 saturated heterocycles. The van der Waals surface area contributed by atoms with E-state index in [1.807, 2.05) is 18.2 Å². The summed E-state index contributed by atoms with van der Waals surface area (Å²) in [4.78, 5) is 12.1. The fraction of sp³-hybridized carbons (Fsp3) is 0.316. The second kappa shape index (κ2) is 4.59. The summed E-state index contributed by atoms with van der Waals surface area (Å²) in [5, 5.41) is 0. The van der Waals surface area contributed by atoms with Crippen LogP contribution >= 0.6 is 0 Å². The fourth-order valence-electron chi connectivity index (χ4n) is 2.97. The van der Waals surface area contributed by atoms with Crippen molar-refractivity contribution in [2.45, 2.75) is 38.5 Å². The number of benzene rings is 2. The number of carbonyl (C=O) groups excluding carboxylic acids is 1. The molecule has 1 aliphatic rings. The lowest BCUT2D eigenvalue weighted by atomic mass is 9.85. The first-order valence-corrected chi connectivity index (χ1v) is 7.19. The smallest absolute Gasteiger partial charge is 0.164 e. The Morgan fingerprint density at radius 3 is 2.25 bits per heavy atom. The van der Waals surface area contributed by atoms with Gasteiger partial charge in [0.2, 0.25) is 0 Å². The number of rotatable bonds is 1. The molecule has 2 aromatic rings. The van der Waals surface area contributed by atoms with Gasteiger partial charge in [-0.2, -0.15) is 0 Å². The summed E-state index contributed by atoms with van der Waals surface area (Å²) in [6.07, 6.45) is 0.605. The number of hydrogen-bond donors (Lipinski definition) is 0. The summed E-state index contributed by atoms with van der Waals surface area (Å²) in [5.74, 6) is 0.498. The van der Waals surface area contributed by atoms with Crippen molar-refractivity contribution in [3.63, 3.8) is 0 Å². The molecular weight excluding hydrogens is 244 g/mol. The molecule has 0 radical (unpaired) electrons. The van der Waals surface area contributed by atoms with Crippen LogP contribution < -0.4 is 0 Å². The first-order chi connectivity index (χ1) is 9.47. The maximum atomic E-state index is 12.1. The SMILES string of the molecule is CC(C)(C)c1ccc(C2CC(=O)c3ccccc32)cc1. The van der Waals surface area contributed by atoms with E-state index < -0.39 is 0 Å². The minimum absolute atomic E-state index is 0.169. The van der Waals surface area contributed by atoms with Gasteiger partial charge in [-0.05, 0) is 22.1 Å². The van der Waals surface area contributed by atoms with Crippen LogP contribution in [0.5, 0.6) is 0 Å². The summed E-state index contributed by atoms with van der Waals surface area (Å²) >= 11 is 0. The zero-order valence-corrected chi connectivity index (χ0v) is 12.3. The maximum Gasteiger partial charge on any atom is 0.164 e. The molecule has 1 heteroatoms. The lowest BCUT2D eigenvalue weighted by Gasteiger charge is -2.20. The van der Waals surface area contributed by atoms with Gasteiger partial charge in [-0.3, -0.25) is 4.79 Å². The number of ketones is 1. The number of hydrogen-bond acceptors (Lipinski definition) is 1. The first kappa shape index (κ1) is 13.1. The Labute approximate surface area is 120 Å². The van der Waals surface area contributed by atoms with Crippen LogP contribution in [0.25, 0.3) is 0 Å². The van der Waals surface area contributed by atoms with Gasteiger partial charge < -0.3 is 0 Å². The molecule has 0 aromatic heterocycles. The predicted octanol–water partition coefficient (Wildman–Crippen LogP) is 4.70. The topological polar surface area (TPSA) is 17.1 Å². The van der Waals surface area contributed by atoms with Crippen molar-refractivity contribution in [2.24, 2.45) is 0 Å². The molecule has 1 unspecified atom stereocenters. The Balaban J connectivity index is 1.97. The predicted molar refractivity (Wildman–Crippen MR) is 82.4 cm³/mol. The molecule has 20 heavy (non-hydrogen) atoms. The lowest BCUT2D eigenvalue weighted by Crippen LogP contribution is -2.11. The third kappa shape index (κ3) is 2.18. The van der Waals surface area contributed by atoms with E-state index in [9.17, 15) is 4.79 Å². The van der Waals surface area contributed by atoms with Gasteiger partial charge in [-0.25, -0.2) is 0 Å². The molecule has 2 aromatic carbocycles. The molecule has 0 bridgehead atoms. The van der Waals surface area contributed by atoms with Crippen molar-refractivity contribution < 1.29 is 4.79 Å². The van der Waals surface area contributed by atoms with Crippen LogP contribution in [0.1, 0.15) is 60.2 Å². The third-order valence-electron chi connectivity index (χ3n) is 4.21. The van der Waals surface area contributed by atoms with Gasteiger partial charge in [0.05, 0.1) is 0 Å². The summed E-state index contributed by atoms with van der Waals surface area (Å²) in [7, 11) is 0. The Morgan fingerprint density at radius 1 is 0.950 bits per heavy atom. The van der Waals surface area contributed by atoms with Gasteiger partial charge in [-0.1, -0.05) is 69.3 Å². The van der Waals surface area contributed by atoms with Crippen molar-refractivity contribution in [3.05, 3.63) is 70.8 Å². The number of carbonyl (C=O) groups is 1. The minimum Gasteiger partial charge on any atom is -0.294 e. The highest BCUT2D eigenvalue weighted by molar-refractivity contribution is 6.01. The van der Waals surface area contributed by atoms with Crippen LogP contribution in [0.15, 0.2) is 48.5 Å². The molecule has 0 fully saturated rings. The van der Waals surface area contributed by atoms with Gasteiger partial charge in [0.15, 0.2) is 5.78 Å². The second-order valence-corrected chi connectivity index (χ2v) is 6.64. The highest BCUT2D eigenvalue weighted by Crippen LogP contribution is 2.38. The fourth-order valence-corrected chi connectivity index (χ4v) is 2.97. The number of fused-ring (bicyclic) bond motifs is 1. The molecule has 1 nitrogen and oxygen atoms in total. The van der Waals surface area contributed by atoms with E-state index in [0.717, 1.165) is 5.56 Å². The van der Waals surface area contributed by atoms with Gasteiger partial charge in [0.1, 0.15) is 0 Å². The van der Waals surface area contributed by atoms with Crippen LogP contribution in [-0.4, -0.2) is 5.78 Å². The van der Waals surface area contributed by atoms with Crippen LogP contribution in [0.4, 0.5) is 0 Å². The van der Waals surface area contributed by atoms with Crippen molar-refractivity contribution >= 4 is 5.78 Å². The zero-order valence-electron chi connectivity index (χ0n) is 12.3. The van der Waals surface area contributed by atoms with Crippen LogP contribution in [0.3, 0.4) is 0 Å². The summed E-state index contributed by atoms with van der Waals surface area (Å²) in [6.45, 7) is 6.66. The molecule has 1 aliphatic carbocycles. The first-order valence-electron chi connectivity index (χ1n) is 7.19. The van der Waals surface area contributed by atoms with Crippen LogP contribution in [0, 0.1) is 0 Å². The largest absolute Gasteiger partial charge is 0.294 e. The van der Waals surface area contributed by atoms with Crippen molar-refractivity contribution in [1.82, 2.24) is 0 Å². The average Bonchev–Trinajstić information content (AvgIpc) is 2.76. The van der Waals surface area contributed by atoms with Crippen molar-refractivity contribution in [2.75, 3.05) is 0 Å². The third-order valence-corrected chi connectivity index (χ3v) is 4.21. The average molecular weight is 264 g/mol. The summed E-state index contributed by atoms with van der Waals surface area (Å²) in [5.41, 5.74) is 4.83. The molecule has 0 amide bonds. The summed E-state index contributed by atoms with van der Waals surface area (Å²) in [6, 6.07) is 16.8. The minimum atomic E-state index is 0.169. The molecule has 102 valence electrons. The Morgan fingerprint density at radius 2 is 1.60 bits per heavy atom. The van der Waals surface area contributed by atoms with Gasteiger partial charge >= 0.3 is 0 Å². The Hall–Kier alpha value is -1.89. The van der Waals surface area contributed by atoms with Crippen molar-refractivity contribution in [3.8, 4) is 0 Å². The molecule has 3 rings (SSSR count). The molecule has 0 aliphatic heterocycles. The second-order valence-electron chi connectivity index (χ2n) is 6.64. The van der Waals surface area contributed by atoms with E-state index >= 15 is 0 Å². The van der Waals surface area contributed by atoms with E-state index in [2.05, 4.69) is 51.1 Å². The highest BCUT2D eigenvalue weighted by Gasteiger charge is 2.29. The molecule has 0 saturated carbocycles. The zero-order chi connectivity index (χ0) is 14.3. The van der Waals surface area contributed by atoms with Crippen LogP contribution in [-0.2, 0) is 5.41 Å². The number of Topliss-reactive ketones (excluding diaryl/α,β-unsaturated/α-hetero) is 1. The molecule has 0 N–H and O–H groups in total. The molecular formula is C19H20O. The van der Waals surface area contributed by atoms with Crippen LogP contribution in [0.2, 0.25) is 0 Å². The lowest BCUT2D eigenvalue weighted by molar-refractivity contribution is 0.0991. The monoisotopic (exact) mass is 264 g/mol. The van der Waals surface area contributed by atoms with E-state index in [4.69, 9.17) is 0 Å².